The van der Waals surface area contributed by atoms with E-state index in [0.29, 0.717) is 13.0 Å². The minimum atomic E-state index is 0.222. The average Bonchev–Trinajstić information content (AvgIpc) is 2.60. The van der Waals surface area contributed by atoms with Crippen LogP contribution >= 0.6 is 0 Å². The van der Waals surface area contributed by atoms with Gasteiger partial charge in [-0.25, -0.2) is 0 Å². The van der Waals surface area contributed by atoms with E-state index in [1.165, 1.54) is 23.8 Å². The number of hydrogen-bond donors (Lipinski definition) is 0. The summed E-state index contributed by atoms with van der Waals surface area (Å²) in [6.07, 6.45) is 6.87. The summed E-state index contributed by atoms with van der Waals surface area (Å²) in [5.41, 5.74) is 1.18. The van der Waals surface area contributed by atoms with Gasteiger partial charge in [-0.05, 0) is 42.3 Å². The highest BCUT2D eigenvalue weighted by Crippen LogP contribution is 2.19. The summed E-state index contributed by atoms with van der Waals surface area (Å²) in [5, 5.41) is 2.30. The third-order valence-electron chi connectivity index (χ3n) is 4.99. The fourth-order valence-corrected chi connectivity index (χ4v) is 3.61. The Hall–Kier alpha value is -1.94. The number of hydrogen-bond acceptors (Lipinski definition) is 3. The lowest BCUT2D eigenvalue weighted by Crippen LogP contribution is -2.37. The van der Waals surface area contributed by atoms with Gasteiger partial charge in [-0.3, -0.25) is 9.78 Å². The van der Waals surface area contributed by atoms with Crippen molar-refractivity contribution >= 4 is 16.7 Å². The number of rotatable bonds is 5. The van der Waals surface area contributed by atoms with Crippen LogP contribution < -0.4 is 0 Å². The number of nitrogens with zero attached hydrogens (tertiary/aromatic N) is 3. The van der Waals surface area contributed by atoms with Crippen molar-refractivity contribution in [3.63, 3.8) is 0 Å². The van der Waals surface area contributed by atoms with Crippen molar-refractivity contribution in [1.82, 2.24) is 14.8 Å². The molecule has 128 valence electrons. The van der Waals surface area contributed by atoms with Crippen molar-refractivity contribution in [1.29, 1.82) is 0 Å². The number of amides is 1. The monoisotopic (exact) mass is 325 g/mol. The van der Waals surface area contributed by atoms with Crippen LogP contribution in [0, 0.1) is 5.92 Å². The summed E-state index contributed by atoms with van der Waals surface area (Å²) in [4.78, 5) is 20.9. The first kappa shape index (κ1) is 16.9. The van der Waals surface area contributed by atoms with Gasteiger partial charge in [-0.15, -0.1) is 0 Å². The molecule has 1 unspecified atom stereocenters. The molecule has 0 radical (unpaired) electrons. The summed E-state index contributed by atoms with van der Waals surface area (Å²) in [5.74, 6) is 0.982. The Labute approximate surface area is 144 Å². The Balaban J connectivity index is 1.57. The zero-order chi connectivity index (χ0) is 16.9. The minimum Gasteiger partial charge on any atom is -0.341 e. The molecule has 1 aliphatic rings. The molecule has 4 nitrogen and oxygen atoms in total. The molecule has 0 N–H and O–H groups in total. The normalized spacial score (nSPS) is 18.7. The summed E-state index contributed by atoms with van der Waals surface area (Å²) in [6, 6.07) is 8.22. The van der Waals surface area contributed by atoms with E-state index < -0.39 is 0 Å². The second-order valence-electron chi connectivity index (χ2n) is 7.06. The van der Waals surface area contributed by atoms with Gasteiger partial charge in [0.15, 0.2) is 0 Å². The van der Waals surface area contributed by atoms with Gasteiger partial charge < -0.3 is 9.80 Å². The first-order valence-electron chi connectivity index (χ1n) is 8.91. The fraction of sp³-hybridized carbons (Fsp3) is 0.500. The van der Waals surface area contributed by atoms with Crippen LogP contribution in [0.4, 0.5) is 0 Å². The molecule has 2 aromatic rings. The molecule has 1 fully saturated rings. The molecule has 1 saturated heterocycles. The molecule has 4 heteroatoms. The molecule has 0 bridgehead atoms. The van der Waals surface area contributed by atoms with Gasteiger partial charge in [0.25, 0.3) is 0 Å². The van der Waals surface area contributed by atoms with Gasteiger partial charge in [0, 0.05) is 50.9 Å². The van der Waals surface area contributed by atoms with Crippen LogP contribution in [0.25, 0.3) is 10.8 Å². The van der Waals surface area contributed by atoms with E-state index in [9.17, 15) is 4.79 Å². The van der Waals surface area contributed by atoms with Gasteiger partial charge in [0.05, 0.1) is 0 Å². The van der Waals surface area contributed by atoms with Crippen LogP contribution in [0.2, 0.25) is 0 Å². The molecule has 1 aromatic heterocycles. The number of likely N-dealkylation sites (tertiary alicyclic amines) is 1. The van der Waals surface area contributed by atoms with Crippen molar-refractivity contribution < 1.29 is 4.79 Å². The zero-order valence-electron chi connectivity index (χ0n) is 14.7. The maximum absolute atomic E-state index is 12.5. The Bertz CT molecular complexity index is 695. The predicted octanol–water partition coefficient (Wildman–Crippen LogP) is 3.32. The van der Waals surface area contributed by atoms with Crippen molar-refractivity contribution in [2.45, 2.75) is 32.7 Å². The second kappa shape index (κ2) is 7.75. The van der Waals surface area contributed by atoms with E-state index in [4.69, 9.17) is 0 Å². The molecule has 2 heterocycles. The number of piperidine rings is 1. The maximum atomic E-state index is 12.5. The molecular weight excluding hydrogens is 298 g/mol. The predicted molar refractivity (Wildman–Crippen MR) is 97.7 cm³/mol. The van der Waals surface area contributed by atoms with Gasteiger partial charge in [0.2, 0.25) is 5.91 Å². The Morgan fingerprint density at radius 3 is 3.08 bits per heavy atom. The average molecular weight is 325 g/mol. The Morgan fingerprint density at radius 1 is 1.38 bits per heavy atom. The molecule has 3 rings (SSSR count). The van der Waals surface area contributed by atoms with Crippen LogP contribution in [0.15, 0.2) is 36.7 Å². The van der Waals surface area contributed by atoms with Crippen molar-refractivity contribution in [3.05, 3.63) is 42.2 Å². The van der Waals surface area contributed by atoms with Crippen LogP contribution in [0.3, 0.4) is 0 Å². The number of carbonyl (C=O) groups excluding carboxylic acids is 1. The molecule has 0 saturated carbocycles. The van der Waals surface area contributed by atoms with E-state index in [1.807, 2.05) is 36.5 Å². The summed E-state index contributed by atoms with van der Waals surface area (Å²) in [6.45, 7) is 6.10. The van der Waals surface area contributed by atoms with Crippen LogP contribution in [0.1, 0.15) is 31.7 Å². The number of aromatic nitrogens is 1. The van der Waals surface area contributed by atoms with Crippen LogP contribution in [-0.4, -0.2) is 47.4 Å². The van der Waals surface area contributed by atoms with E-state index >= 15 is 0 Å². The van der Waals surface area contributed by atoms with E-state index in [-0.39, 0.29) is 5.91 Å². The summed E-state index contributed by atoms with van der Waals surface area (Å²) < 4.78 is 0. The SMILES string of the molecule is CC1CCCN(CCC(=O)N(C)Cc2cccc3cnccc23)C1. The van der Waals surface area contributed by atoms with Gasteiger partial charge in [-0.1, -0.05) is 25.1 Å². The molecule has 1 aliphatic heterocycles. The second-order valence-corrected chi connectivity index (χ2v) is 7.06. The highest BCUT2D eigenvalue weighted by atomic mass is 16.2. The molecule has 1 atom stereocenters. The van der Waals surface area contributed by atoms with E-state index in [0.717, 1.165) is 30.9 Å². The largest absolute Gasteiger partial charge is 0.341 e. The number of carbonyl (C=O) groups is 1. The van der Waals surface area contributed by atoms with Gasteiger partial charge in [-0.2, -0.15) is 0 Å². The van der Waals surface area contributed by atoms with Crippen molar-refractivity contribution in [2.24, 2.45) is 5.92 Å². The third-order valence-corrected chi connectivity index (χ3v) is 4.99. The topological polar surface area (TPSA) is 36.4 Å². The highest BCUT2D eigenvalue weighted by molar-refractivity contribution is 5.85. The van der Waals surface area contributed by atoms with Gasteiger partial charge in [0.1, 0.15) is 0 Å². The number of fused-ring (bicyclic) bond motifs is 1. The van der Waals surface area contributed by atoms with E-state index in [1.54, 1.807) is 0 Å². The number of pyridine rings is 1. The van der Waals surface area contributed by atoms with Crippen molar-refractivity contribution in [2.75, 3.05) is 26.7 Å². The molecule has 0 spiro atoms. The molecule has 24 heavy (non-hydrogen) atoms. The molecule has 1 aromatic carbocycles. The summed E-state index contributed by atoms with van der Waals surface area (Å²) in [7, 11) is 1.90. The van der Waals surface area contributed by atoms with Crippen molar-refractivity contribution in [3.8, 4) is 0 Å². The lowest BCUT2D eigenvalue weighted by molar-refractivity contribution is -0.130. The van der Waals surface area contributed by atoms with Crippen LogP contribution in [-0.2, 0) is 11.3 Å². The lowest BCUT2D eigenvalue weighted by atomic mass is 10.0. The maximum Gasteiger partial charge on any atom is 0.223 e. The zero-order valence-corrected chi connectivity index (χ0v) is 14.7. The van der Waals surface area contributed by atoms with Gasteiger partial charge >= 0.3 is 0 Å². The summed E-state index contributed by atoms with van der Waals surface area (Å²) >= 11 is 0. The third kappa shape index (κ3) is 4.12. The fourth-order valence-electron chi connectivity index (χ4n) is 3.61. The number of benzene rings is 1. The smallest absolute Gasteiger partial charge is 0.223 e. The molecular formula is C20H27N3O. The first-order valence-corrected chi connectivity index (χ1v) is 8.91. The minimum absolute atomic E-state index is 0.222. The Morgan fingerprint density at radius 2 is 2.25 bits per heavy atom. The molecule has 0 aliphatic carbocycles. The standard InChI is InChI=1S/C20H27N3O/c1-16-5-4-11-23(14-16)12-9-20(24)22(2)15-18-7-3-6-17-13-21-10-8-19(17)18/h3,6-8,10,13,16H,4-5,9,11-12,14-15H2,1-2H3. The highest BCUT2D eigenvalue weighted by Gasteiger charge is 2.18. The first-order chi connectivity index (χ1) is 11.6. The quantitative estimate of drug-likeness (QED) is 0.846. The Kier molecular flexibility index (Phi) is 5.46. The van der Waals surface area contributed by atoms with Crippen LogP contribution in [0.5, 0.6) is 0 Å². The molecule has 1 amide bonds. The van der Waals surface area contributed by atoms with E-state index in [2.05, 4.69) is 28.9 Å². The lowest BCUT2D eigenvalue weighted by Gasteiger charge is -2.31.